The fourth-order valence-corrected chi connectivity index (χ4v) is 1.04. The molecule has 0 spiro atoms. The Balaban J connectivity index is 3.84. The van der Waals surface area contributed by atoms with Crippen LogP contribution in [0.4, 0.5) is 0 Å². The van der Waals surface area contributed by atoms with Crippen molar-refractivity contribution in [2.24, 2.45) is 5.92 Å². The first-order valence-corrected chi connectivity index (χ1v) is 5.27. The molecule has 0 aromatic carbocycles. The highest BCUT2D eigenvalue weighted by Crippen LogP contribution is 2.08. The zero-order valence-electron chi connectivity index (χ0n) is 10.8. The zero-order chi connectivity index (χ0) is 12.1. The van der Waals surface area contributed by atoms with Crippen LogP contribution >= 0.6 is 0 Å². The van der Waals surface area contributed by atoms with E-state index in [9.17, 15) is 4.79 Å². The minimum Gasteiger partial charge on any atom is -0.469 e. The molecule has 0 aliphatic rings. The van der Waals surface area contributed by atoms with E-state index in [0.29, 0.717) is 6.54 Å². The molecule has 4 heteroatoms. The average molecular weight is 216 g/mol. The standard InChI is InChI=1S/C11H24N2O2/c1-9(10(14)15-6)7-12-8-11(2,3)13(4)5/h9,12H,7-8H2,1-6H3. The lowest BCUT2D eigenvalue weighted by atomic mass is 10.0. The fraction of sp³-hybridized carbons (Fsp3) is 0.909. The fourth-order valence-electron chi connectivity index (χ4n) is 1.04. The molecule has 0 saturated heterocycles. The van der Waals surface area contributed by atoms with E-state index in [2.05, 4.69) is 28.8 Å². The molecule has 0 aliphatic heterocycles. The molecular formula is C11H24N2O2. The minimum absolute atomic E-state index is 0.0898. The summed E-state index contributed by atoms with van der Waals surface area (Å²) >= 11 is 0. The van der Waals surface area contributed by atoms with Crippen molar-refractivity contribution in [2.75, 3.05) is 34.3 Å². The number of likely N-dealkylation sites (N-methyl/N-ethyl adjacent to an activating group) is 1. The minimum atomic E-state index is -0.162. The second-order valence-corrected chi connectivity index (χ2v) is 4.76. The zero-order valence-corrected chi connectivity index (χ0v) is 10.8. The first-order valence-electron chi connectivity index (χ1n) is 5.27. The van der Waals surface area contributed by atoms with Gasteiger partial charge in [0.1, 0.15) is 0 Å². The molecule has 0 heterocycles. The Morgan fingerprint density at radius 3 is 2.40 bits per heavy atom. The summed E-state index contributed by atoms with van der Waals surface area (Å²) in [5.41, 5.74) is 0.0931. The second-order valence-electron chi connectivity index (χ2n) is 4.76. The van der Waals surface area contributed by atoms with Crippen molar-refractivity contribution in [1.82, 2.24) is 10.2 Å². The van der Waals surface area contributed by atoms with Crippen LogP contribution in [0.5, 0.6) is 0 Å². The summed E-state index contributed by atoms with van der Waals surface area (Å²) in [6.07, 6.45) is 0. The summed E-state index contributed by atoms with van der Waals surface area (Å²) in [7, 11) is 5.51. The number of carbonyl (C=O) groups excluding carboxylic acids is 1. The van der Waals surface area contributed by atoms with Crippen molar-refractivity contribution < 1.29 is 9.53 Å². The number of nitrogens with one attached hydrogen (secondary N) is 1. The normalized spacial score (nSPS) is 14.1. The molecule has 0 aromatic heterocycles. The summed E-state index contributed by atoms with van der Waals surface area (Å²) in [6.45, 7) is 7.68. The van der Waals surface area contributed by atoms with Gasteiger partial charge < -0.3 is 15.0 Å². The SMILES string of the molecule is COC(=O)C(C)CNCC(C)(C)N(C)C. The van der Waals surface area contributed by atoms with Gasteiger partial charge in [-0.25, -0.2) is 0 Å². The van der Waals surface area contributed by atoms with Crippen LogP contribution in [0.3, 0.4) is 0 Å². The number of rotatable bonds is 6. The van der Waals surface area contributed by atoms with Gasteiger partial charge in [-0.05, 0) is 27.9 Å². The third kappa shape index (κ3) is 5.14. The molecule has 0 fully saturated rings. The van der Waals surface area contributed by atoms with Crippen LogP contribution in [-0.4, -0.2) is 50.7 Å². The molecule has 90 valence electrons. The van der Waals surface area contributed by atoms with Crippen LogP contribution in [0.25, 0.3) is 0 Å². The van der Waals surface area contributed by atoms with Crippen LogP contribution < -0.4 is 5.32 Å². The van der Waals surface area contributed by atoms with Crippen LogP contribution in [0.1, 0.15) is 20.8 Å². The Morgan fingerprint density at radius 1 is 1.47 bits per heavy atom. The van der Waals surface area contributed by atoms with Gasteiger partial charge >= 0.3 is 5.97 Å². The van der Waals surface area contributed by atoms with E-state index in [1.807, 2.05) is 21.0 Å². The predicted octanol–water partition coefficient (Wildman–Crippen LogP) is 0.725. The van der Waals surface area contributed by atoms with Gasteiger partial charge in [-0.3, -0.25) is 4.79 Å². The van der Waals surface area contributed by atoms with Crippen molar-refractivity contribution in [3.8, 4) is 0 Å². The van der Waals surface area contributed by atoms with Crippen molar-refractivity contribution in [3.05, 3.63) is 0 Å². The number of methoxy groups -OCH3 is 1. The largest absolute Gasteiger partial charge is 0.469 e. The Kier molecular flexibility index (Phi) is 5.83. The molecule has 0 saturated carbocycles. The first kappa shape index (κ1) is 14.4. The summed E-state index contributed by atoms with van der Waals surface area (Å²) in [4.78, 5) is 13.3. The topological polar surface area (TPSA) is 41.6 Å². The second kappa shape index (κ2) is 6.08. The molecule has 1 N–H and O–H groups in total. The smallest absolute Gasteiger partial charge is 0.309 e. The predicted molar refractivity (Wildman–Crippen MR) is 61.8 cm³/mol. The first-order chi connectivity index (χ1) is 6.81. The highest BCUT2D eigenvalue weighted by molar-refractivity contribution is 5.71. The molecule has 0 amide bonds. The number of ether oxygens (including phenoxy) is 1. The molecule has 4 nitrogen and oxygen atoms in total. The lowest BCUT2D eigenvalue weighted by molar-refractivity contribution is -0.144. The van der Waals surface area contributed by atoms with E-state index < -0.39 is 0 Å². The van der Waals surface area contributed by atoms with Crippen molar-refractivity contribution in [2.45, 2.75) is 26.3 Å². The maximum absolute atomic E-state index is 11.1. The maximum Gasteiger partial charge on any atom is 0.309 e. The Bertz CT molecular complexity index is 203. The third-order valence-corrected chi connectivity index (χ3v) is 2.82. The number of hydrogen-bond donors (Lipinski definition) is 1. The molecular weight excluding hydrogens is 192 g/mol. The molecule has 15 heavy (non-hydrogen) atoms. The molecule has 1 unspecified atom stereocenters. The quantitative estimate of drug-likeness (QED) is 0.664. The van der Waals surface area contributed by atoms with Crippen LogP contribution in [0.15, 0.2) is 0 Å². The number of nitrogens with zero attached hydrogens (tertiary/aromatic N) is 1. The summed E-state index contributed by atoms with van der Waals surface area (Å²) in [6, 6.07) is 0. The van der Waals surface area contributed by atoms with E-state index in [1.165, 1.54) is 7.11 Å². The van der Waals surface area contributed by atoms with E-state index in [0.717, 1.165) is 6.54 Å². The highest BCUT2D eigenvalue weighted by atomic mass is 16.5. The monoisotopic (exact) mass is 216 g/mol. The maximum atomic E-state index is 11.1. The van der Waals surface area contributed by atoms with Crippen LogP contribution in [-0.2, 0) is 9.53 Å². The number of hydrogen-bond acceptors (Lipinski definition) is 4. The van der Waals surface area contributed by atoms with Crippen LogP contribution in [0, 0.1) is 5.92 Å². The van der Waals surface area contributed by atoms with Gasteiger partial charge in [0, 0.05) is 18.6 Å². The molecule has 0 aliphatic carbocycles. The van der Waals surface area contributed by atoms with Gasteiger partial charge in [-0.1, -0.05) is 6.92 Å². The molecule has 0 radical (unpaired) electrons. The summed E-state index contributed by atoms with van der Waals surface area (Å²) in [5, 5.41) is 3.28. The van der Waals surface area contributed by atoms with E-state index in [1.54, 1.807) is 0 Å². The summed E-state index contributed by atoms with van der Waals surface area (Å²) < 4.78 is 4.65. The molecule has 0 aromatic rings. The number of carbonyl (C=O) groups is 1. The lowest BCUT2D eigenvalue weighted by Gasteiger charge is -2.33. The molecule has 0 bridgehead atoms. The van der Waals surface area contributed by atoms with E-state index >= 15 is 0 Å². The van der Waals surface area contributed by atoms with Crippen LogP contribution in [0.2, 0.25) is 0 Å². The Labute approximate surface area is 93.0 Å². The van der Waals surface area contributed by atoms with Crippen molar-refractivity contribution >= 4 is 5.97 Å². The van der Waals surface area contributed by atoms with Gasteiger partial charge in [0.15, 0.2) is 0 Å². The van der Waals surface area contributed by atoms with Gasteiger partial charge in [-0.2, -0.15) is 0 Å². The Morgan fingerprint density at radius 2 is 2.00 bits per heavy atom. The molecule has 1 atom stereocenters. The third-order valence-electron chi connectivity index (χ3n) is 2.82. The van der Waals surface area contributed by atoms with Gasteiger partial charge in [0.25, 0.3) is 0 Å². The number of esters is 1. The average Bonchev–Trinajstić information content (AvgIpc) is 2.15. The van der Waals surface area contributed by atoms with E-state index in [-0.39, 0.29) is 17.4 Å². The van der Waals surface area contributed by atoms with Crippen molar-refractivity contribution in [3.63, 3.8) is 0 Å². The lowest BCUT2D eigenvalue weighted by Crippen LogP contribution is -2.47. The van der Waals surface area contributed by atoms with Crippen molar-refractivity contribution in [1.29, 1.82) is 0 Å². The van der Waals surface area contributed by atoms with Gasteiger partial charge in [-0.15, -0.1) is 0 Å². The summed E-state index contributed by atoms with van der Waals surface area (Å²) in [5.74, 6) is -0.252. The van der Waals surface area contributed by atoms with Gasteiger partial charge in [0.2, 0.25) is 0 Å². The van der Waals surface area contributed by atoms with E-state index in [4.69, 9.17) is 0 Å². The highest BCUT2D eigenvalue weighted by Gasteiger charge is 2.20. The molecule has 0 rings (SSSR count). The Hall–Kier alpha value is -0.610. The van der Waals surface area contributed by atoms with Gasteiger partial charge in [0.05, 0.1) is 13.0 Å².